The lowest BCUT2D eigenvalue weighted by Crippen LogP contribution is -2.40. The molecule has 1 fully saturated rings. The highest BCUT2D eigenvalue weighted by molar-refractivity contribution is 6.05. The molecular weight excluding hydrogens is 418 g/mol. The number of ether oxygens (including phenoxy) is 1. The summed E-state index contributed by atoms with van der Waals surface area (Å²) in [6.07, 6.45) is 3.63. The molecule has 3 heterocycles. The lowest BCUT2D eigenvalue weighted by molar-refractivity contribution is 0.102. The standard InChI is InChI=1S/C25H31N5O3/c1-16(2)30-15-22(18(4)27-30)24(31)26-20-7-6-17(3)21(13-20)19-12-23(25(32)28(5)14-19)29-8-10-33-11-9-29/h6-7,12-16H,8-11H2,1-5H3,(H,26,31). The fourth-order valence-electron chi connectivity index (χ4n) is 4.05. The van der Waals surface area contributed by atoms with Gasteiger partial charge in [0.1, 0.15) is 5.69 Å². The SMILES string of the molecule is Cc1ccc(NC(=O)c2cn(C(C)C)nc2C)cc1-c1cc(N2CCOCC2)c(=O)n(C)c1. The van der Waals surface area contributed by atoms with Gasteiger partial charge in [0.25, 0.3) is 11.5 Å². The number of amides is 1. The molecule has 8 heteroatoms. The van der Waals surface area contributed by atoms with Gasteiger partial charge >= 0.3 is 0 Å². The van der Waals surface area contributed by atoms with Crippen molar-refractivity contribution in [2.45, 2.75) is 33.7 Å². The van der Waals surface area contributed by atoms with E-state index < -0.39 is 0 Å². The van der Waals surface area contributed by atoms with Gasteiger partial charge < -0.3 is 19.5 Å². The first-order chi connectivity index (χ1) is 15.7. The van der Waals surface area contributed by atoms with Crippen LogP contribution >= 0.6 is 0 Å². The maximum atomic E-state index is 12.9. The van der Waals surface area contributed by atoms with Crippen LogP contribution in [0.15, 0.2) is 41.5 Å². The summed E-state index contributed by atoms with van der Waals surface area (Å²) in [4.78, 5) is 27.8. The van der Waals surface area contributed by atoms with Gasteiger partial charge in [0.15, 0.2) is 0 Å². The van der Waals surface area contributed by atoms with Gasteiger partial charge in [-0.25, -0.2) is 0 Å². The van der Waals surface area contributed by atoms with E-state index in [-0.39, 0.29) is 17.5 Å². The molecule has 0 unspecified atom stereocenters. The van der Waals surface area contributed by atoms with Crippen molar-refractivity contribution in [3.63, 3.8) is 0 Å². The summed E-state index contributed by atoms with van der Waals surface area (Å²) in [5, 5.41) is 7.44. The molecule has 1 N–H and O–H groups in total. The van der Waals surface area contributed by atoms with Crippen molar-refractivity contribution in [3.05, 3.63) is 63.8 Å². The molecule has 0 radical (unpaired) electrons. The minimum atomic E-state index is -0.191. The highest BCUT2D eigenvalue weighted by atomic mass is 16.5. The lowest BCUT2D eigenvalue weighted by Gasteiger charge is -2.29. The number of hydrogen-bond donors (Lipinski definition) is 1. The van der Waals surface area contributed by atoms with Gasteiger partial charge in [0, 0.05) is 49.8 Å². The Morgan fingerprint density at radius 2 is 1.85 bits per heavy atom. The van der Waals surface area contributed by atoms with Crippen LogP contribution in [0.4, 0.5) is 11.4 Å². The van der Waals surface area contributed by atoms with Crippen LogP contribution in [0.25, 0.3) is 11.1 Å². The van der Waals surface area contributed by atoms with Crippen molar-refractivity contribution in [3.8, 4) is 11.1 Å². The van der Waals surface area contributed by atoms with Crippen molar-refractivity contribution >= 4 is 17.3 Å². The Morgan fingerprint density at radius 1 is 1.12 bits per heavy atom. The summed E-state index contributed by atoms with van der Waals surface area (Å²) in [6, 6.07) is 7.96. The molecule has 0 aliphatic carbocycles. The van der Waals surface area contributed by atoms with Crippen LogP contribution in [0.2, 0.25) is 0 Å². The van der Waals surface area contributed by atoms with E-state index in [9.17, 15) is 9.59 Å². The third-order valence-corrected chi connectivity index (χ3v) is 6.01. The van der Waals surface area contributed by atoms with Gasteiger partial charge in [-0.2, -0.15) is 5.10 Å². The quantitative estimate of drug-likeness (QED) is 0.644. The summed E-state index contributed by atoms with van der Waals surface area (Å²) in [7, 11) is 1.77. The topological polar surface area (TPSA) is 81.4 Å². The van der Waals surface area contributed by atoms with Gasteiger partial charge in [-0.3, -0.25) is 14.3 Å². The number of morpholine rings is 1. The summed E-state index contributed by atoms with van der Waals surface area (Å²) in [5.41, 5.74) is 5.54. The van der Waals surface area contributed by atoms with Gasteiger partial charge in [-0.1, -0.05) is 6.07 Å². The van der Waals surface area contributed by atoms with Crippen LogP contribution in [0.1, 0.15) is 41.5 Å². The zero-order chi connectivity index (χ0) is 23.7. The van der Waals surface area contributed by atoms with Crippen LogP contribution in [0, 0.1) is 13.8 Å². The second-order valence-electron chi connectivity index (χ2n) is 8.82. The van der Waals surface area contributed by atoms with Crippen LogP contribution < -0.4 is 15.8 Å². The molecule has 1 aromatic carbocycles. The molecule has 0 bridgehead atoms. The van der Waals surface area contributed by atoms with E-state index in [4.69, 9.17) is 4.74 Å². The molecule has 0 atom stereocenters. The van der Waals surface area contributed by atoms with E-state index in [1.807, 2.05) is 58.2 Å². The van der Waals surface area contributed by atoms with E-state index >= 15 is 0 Å². The van der Waals surface area contributed by atoms with Crippen LogP contribution in [0.3, 0.4) is 0 Å². The molecular formula is C25H31N5O3. The number of rotatable bonds is 5. The third-order valence-electron chi connectivity index (χ3n) is 6.01. The summed E-state index contributed by atoms with van der Waals surface area (Å²) in [6.45, 7) is 10.5. The van der Waals surface area contributed by atoms with Gasteiger partial charge in [-0.15, -0.1) is 0 Å². The molecule has 33 heavy (non-hydrogen) atoms. The Hall–Kier alpha value is -3.39. The zero-order valence-electron chi connectivity index (χ0n) is 19.9. The van der Waals surface area contributed by atoms with Crippen LogP contribution in [-0.2, 0) is 11.8 Å². The third kappa shape index (κ3) is 4.71. The summed E-state index contributed by atoms with van der Waals surface area (Å²) in [5.74, 6) is -0.191. The minimum Gasteiger partial charge on any atom is -0.378 e. The minimum absolute atomic E-state index is 0.0274. The number of benzene rings is 1. The molecule has 1 aliphatic heterocycles. The fraction of sp³-hybridized carbons (Fsp3) is 0.400. The molecule has 0 spiro atoms. The largest absolute Gasteiger partial charge is 0.378 e. The molecule has 4 rings (SSSR count). The Bertz CT molecular complexity index is 1240. The normalized spacial score (nSPS) is 14.1. The van der Waals surface area contributed by atoms with E-state index in [0.717, 1.165) is 16.7 Å². The van der Waals surface area contributed by atoms with Crippen LogP contribution in [-0.4, -0.2) is 46.6 Å². The smallest absolute Gasteiger partial charge is 0.273 e. The lowest BCUT2D eigenvalue weighted by atomic mass is 10.0. The van der Waals surface area contributed by atoms with Gasteiger partial charge in [-0.05, 0) is 57.0 Å². The van der Waals surface area contributed by atoms with E-state index in [1.165, 1.54) is 0 Å². The number of hydrogen-bond acceptors (Lipinski definition) is 5. The number of nitrogens with one attached hydrogen (secondary N) is 1. The van der Waals surface area contributed by atoms with Gasteiger partial charge in [0.2, 0.25) is 0 Å². The molecule has 3 aromatic rings. The summed E-state index contributed by atoms with van der Waals surface area (Å²) >= 11 is 0. The number of aromatic nitrogens is 3. The molecule has 2 aromatic heterocycles. The average molecular weight is 450 g/mol. The monoisotopic (exact) mass is 449 g/mol. The molecule has 174 valence electrons. The summed E-state index contributed by atoms with van der Waals surface area (Å²) < 4.78 is 8.85. The highest BCUT2D eigenvalue weighted by Gasteiger charge is 2.18. The number of carbonyl (C=O) groups excluding carboxylic acids is 1. The van der Waals surface area contributed by atoms with Crippen molar-refractivity contribution in [1.29, 1.82) is 0 Å². The van der Waals surface area contributed by atoms with Crippen LogP contribution in [0.5, 0.6) is 0 Å². The van der Waals surface area contributed by atoms with Crippen molar-refractivity contribution in [1.82, 2.24) is 14.3 Å². The molecule has 8 nitrogen and oxygen atoms in total. The first-order valence-electron chi connectivity index (χ1n) is 11.3. The van der Waals surface area contributed by atoms with Crippen molar-refractivity contribution < 1.29 is 9.53 Å². The molecule has 1 saturated heterocycles. The predicted molar refractivity (Wildman–Crippen MR) is 130 cm³/mol. The maximum Gasteiger partial charge on any atom is 0.273 e. The predicted octanol–water partition coefficient (Wildman–Crippen LogP) is 3.54. The Labute approximate surface area is 193 Å². The Balaban J connectivity index is 1.66. The zero-order valence-corrected chi connectivity index (χ0v) is 19.9. The number of aryl methyl sites for hydroxylation is 3. The number of anilines is 2. The number of nitrogens with zero attached hydrogens (tertiary/aromatic N) is 4. The molecule has 0 saturated carbocycles. The second kappa shape index (κ2) is 9.23. The fourth-order valence-corrected chi connectivity index (χ4v) is 4.05. The second-order valence-corrected chi connectivity index (χ2v) is 8.82. The molecule has 1 aliphatic rings. The van der Waals surface area contributed by atoms with Crippen molar-refractivity contribution in [2.75, 3.05) is 36.5 Å². The Kier molecular flexibility index (Phi) is 6.37. The first-order valence-corrected chi connectivity index (χ1v) is 11.3. The van der Waals surface area contributed by atoms with E-state index in [0.29, 0.717) is 48.9 Å². The average Bonchev–Trinajstić information content (AvgIpc) is 3.19. The number of pyridine rings is 1. The molecule has 1 amide bonds. The maximum absolute atomic E-state index is 12.9. The Morgan fingerprint density at radius 3 is 2.52 bits per heavy atom. The highest BCUT2D eigenvalue weighted by Crippen LogP contribution is 2.29. The van der Waals surface area contributed by atoms with Crippen molar-refractivity contribution in [2.24, 2.45) is 7.05 Å². The number of carbonyl (C=O) groups is 1. The van der Waals surface area contributed by atoms with Gasteiger partial charge in [0.05, 0.1) is 24.5 Å². The van der Waals surface area contributed by atoms with E-state index in [2.05, 4.69) is 15.3 Å². The van der Waals surface area contributed by atoms with E-state index in [1.54, 1.807) is 22.5 Å². The first kappa shape index (κ1) is 22.8.